The van der Waals surface area contributed by atoms with Crippen LogP contribution in [0.15, 0.2) is 22.2 Å². The van der Waals surface area contributed by atoms with Gasteiger partial charge in [-0.05, 0) is 12.2 Å². The fourth-order valence-corrected chi connectivity index (χ4v) is 3.10. The molecule has 28 heavy (non-hydrogen) atoms. The third-order valence-corrected chi connectivity index (χ3v) is 4.55. The zero-order valence-electron chi connectivity index (χ0n) is 13.8. The van der Waals surface area contributed by atoms with Gasteiger partial charge in [0.2, 0.25) is 0 Å². The number of H-pyrrole nitrogens is 1. The normalized spacial score (nSPS) is 12.3. The number of alkyl halides is 5. The van der Waals surface area contributed by atoms with Gasteiger partial charge >= 0.3 is 18.1 Å². The van der Waals surface area contributed by atoms with Crippen molar-refractivity contribution in [1.82, 2.24) is 19.9 Å². The van der Waals surface area contributed by atoms with Gasteiger partial charge in [0.1, 0.15) is 23.5 Å². The van der Waals surface area contributed by atoms with E-state index in [1.807, 2.05) is 5.32 Å². The van der Waals surface area contributed by atoms with Crippen LogP contribution < -0.4 is 10.7 Å². The smallest absolute Gasteiger partial charge is 0.453 e. The Hall–Kier alpha value is -2.64. The lowest BCUT2D eigenvalue weighted by molar-refractivity contribution is -0.284. The van der Waals surface area contributed by atoms with Crippen molar-refractivity contribution in [3.8, 4) is 0 Å². The molecule has 0 atom stereocenters. The highest BCUT2D eigenvalue weighted by Crippen LogP contribution is 2.39. The Labute approximate surface area is 157 Å². The van der Waals surface area contributed by atoms with Gasteiger partial charge in [-0.1, -0.05) is 0 Å². The van der Waals surface area contributed by atoms with E-state index in [4.69, 9.17) is 5.11 Å². The van der Waals surface area contributed by atoms with E-state index >= 15 is 0 Å². The Balaban J connectivity index is 2.15. The van der Waals surface area contributed by atoms with Gasteiger partial charge in [-0.15, -0.1) is 11.8 Å². The van der Waals surface area contributed by atoms with Crippen LogP contribution in [0.3, 0.4) is 0 Å². The van der Waals surface area contributed by atoms with Crippen molar-refractivity contribution in [3.05, 3.63) is 28.2 Å². The van der Waals surface area contributed by atoms with Gasteiger partial charge in [0, 0.05) is 12.5 Å². The van der Waals surface area contributed by atoms with Crippen LogP contribution in [0.2, 0.25) is 0 Å². The number of carboxylic acid groups (broad SMARTS) is 1. The number of nitrogens with one attached hydrogen (secondary N) is 2. The minimum atomic E-state index is -5.63. The average molecular weight is 428 g/mol. The van der Waals surface area contributed by atoms with Crippen LogP contribution in [0.1, 0.15) is 23.2 Å². The molecule has 8 nitrogen and oxygen atoms in total. The summed E-state index contributed by atoms with van der Waals surface area (Å²) in [5.41, 5.74) is -1.38. The van der Waals surface area contributed by atoms with E-state index in [-0.39, 0.29) is 16.4 Å². The number of hydrogen-bond donors (Lipinski definition) is 3. The molecule has 0 aliphatic carbocycles. The number of amides is 1. The summed E-state index contributed by atoms with van der Waals surface area (Å²) in [5, 5.41) is 13.3. The van der Waals surface area contributed by atoms with E-state index in [9.17, 15) is 36.3 Å². The van der Waals surface area contributed by atoms with Crippen LogP contribution in [-0.2, 0) is 4.79 Å². The van der Waals surface area contributed by atoms with Crippen molar-refractivity contribution in [1.29, 1.82) is 0 Å². The topological polar surface area (TPSA) is 117 Å². The van der Waals surface area contributed by atoms with Crippen molar-refractivity contribution in [2.45, 2.75) is 30.0 Å². The van der Waals surface area contributed by atoms with Crippen LogP contribution >= 0.6 is 11.8 Å². The quantitative estimate of drug-likeness (QED) is 0.336. The number of fused-ring (bicyclic) bond motifs is 1. The van der Waals surface area contributed by atoms with Crippen LogP contribution in [-0.4, -0.2) is 56.0 Å². The number of halogens is 5. The van der Waals surface area contributed by atoms with Crippen LogP contribution in [0.4, 0.5) is 22.0 Å². The number of aliphatic carboxylic acids is 1. The third kappa shape index (κ3) is 4.79. The highest BCUT2D eigenvalue weighted by atomic mass is 32.2. The number of aromatic nitrogens is 3. The number of thioether (sulfide) groups is 1. The number of rotatable bonds is 8. The molecule has 14 heteroatoms. The molecule has 154 valence electrons. The molecule has 0 aromatic carbocycles. The van der Waals surface area contributed by atoms with Crippen LogP contribution in [0, 0.1) is 0 Å². The van der Waals surface area contributed by atoms with E-state index in [1.54, 1.807) is 0 Å². The predicted octanol–water partition coefficient (Wildman–Crippen LogP) is 1.91. The Morgan fingerprint density at radius 2 is 1.96 bits per heavy atom. The van der Waals surface area contributed by atoms with Gasteiger partial charge in [-0.3, -0.25) is 19.5 Å². The molecule has 2 aromatic heterocycles. The first-order valence-corrected chi connectivity index (χ1v) is 8.59. The zero-order valence-corrected chi connectivity index (χ0v) is 14.7. The molecule has 0 aliphatic heterocycles. The van der Waals surface area contributed by atoms with Crippen molar-refractivity contribution >= 4 is 29.3 Å². The third-order valence-electron chi connectivity index (χ3n) is 3.46. The summed E-state index contributed by atoms with van der Waals surface area (Å²) in [5.74, 6) is -7.26. The molecule has 0 fully saturated rings. The highest BCUT2D eigenvalue weighted by molar-refractivity contribution is 7.99. The van der Waals surface area contributed by atoms with Crippen molar-refractivity contribution in [2.75, 3.05) is 12.3 Å². The number of aromatic amines is 1. The first kappa shape index (κ1) is 21.7. The van der Waals surface area contributed by atoms with E-state index in [0.717, 1.165) is 24.2 Å². The molecule has 0 radical (unpaired) electrons. The summed E-state index contributed by atoms with van der Waals surface area (Å²) < 4.78 is 63.4. The van der Waals surface area contributed by atoms with Gasteiger partial charge in [0.15, 0.2) is 11.1 Å². The Morgan fingerprint density at radius 3 is 2.57 bits per heavy atom. The Morgan fingerprint density at radius 1 is 1.29 bits per heavy atom. The zero-order chi connectivity index (χ0) is 21.1. The van der Waals surface area contributed by atoms with Gasteiger partial charge in [0.05, 0.1) is 0 Å². The second-order valence-electron chi connectivity index (χ2n) is 5.50. The summed E-state index contributed by atoms with van der Waals surface area (Å²) >= 11 is 0.824. The van der Waals surface area contributed by atoms with E-state index < -0.39 is 54.4 Å². The molecule has 0 aliphatic rings. The first-order valence-electron chi connectivity index (χ1n) is 7.60. The maximum atomic E-state index is 12.9. The van der Waals surface area contributed by atoms with E-state index in [0.29, 0.717) is 0 Å². The first-order chi connectivity index (χ1) is 12.9. The molecular formula is C14H13F5N4O4S. The summed E-state index contributed by atoms with van der Waals surface area (Å²) in [6.45, 7) is -0.723. The minimum absolute atomic E-state index is 0.140. The number of carboxylic acids is 1. The lowest BCUT2D eigenvalue weighted by atomic mass is 10.2. The largest absolute Gasteiger partial charge is 0.480 e. The van der Waals surface area contributed by atoms with Crippen LogP contribution in [0.25, 0.3) is 5.65 Å². The summed E-state index contributed by atoms with van der Waals surface area (Å²) in [4.78, 5) is 38.5. The number of hydrogen-bond acceptors (Lipinski definition) is 5. The van der Waals surface area contributed by atoms with Crippen LogP contribution in [0.5, 0.6) is 0 Å². The summed E-state index contributed by atoms with van der Waals surface area (Å²) in [6, 6.07) is 0.980. The van der Waals surface area contributed by atoms with Crippen molar-refractivity contribution in [2.24, 2.45) is 0 Å². The average Bonchev–Trinajstić information content (AvgIpc) is 3.04. The molecule has 2 heterocycles. The lowest BCUT2D eigenvalue weighted by Crippen LogP contribution is -2.36. The van der Waals surface area contributed by atoms with Gasteiger partial charge in [-0.25, -0.2) is 9.50 Å². The Kier molecular flexibility index (Phi) is 6.31. The highest BCUT2D eigenvalue weighted by Gasteiger charge is 2.56. The molecule has 2 aromatic rings. The van der Waals surface area contributed by atoms with E-state index in [1.165, 1.54) is 4.52 Å². The number of pyridine rings is 1. The predicted molar refractivity (Wildman–Crippen MR) is 86.7 cm³/mol. The van der Waals surface area contributed by atoms with E-state index in [2.05, 4.69) is 10.1 Å². The molecule has 1 amide bonds. The fourth-order valence-electron chi connectivity index (χ4n) is 2.15. The minimum Gasteiger partial charge on any atom is -0.480 e. The Bertz CT molecular complexity index is 940. The molecule has 3 N–H and O–H groups in total. The SMILES string of the molecule is O=C(O)CNC(=O)c1c(=O)cc(SCCCC(F)(F)C(F)(F)F)n2[nH]cnc12. The second-order valence-corrected chi connectivity index (χ2v) is 6.61. The number of carbonyl (C=O) groups is 2. The standard InChI is InChI=1S/C14H13F5N4O4S/c15-13(16,14(17,18)19)2-1-3-28-8-4-7(24)10(11-21-6-22-23(8)11)12(27)20-5-9(25)26/h4,6H,1-3,5H2,(H,20,27)(H,21,22)(H,25,26). The van der Waals surface area contributed by atoms with Crippen molar-refractivity contribution < 1.29 is 36.6 Å². The second kappa shape index (κ2) is 8.16. The number of nitrogens with zero attached hydrogens (tertiary/aromatic N) is 2. The fraction of sp³-hybridized carbons (Fsp3) is 0.429. The molecule has 0 saturated heterocycles. The molecule has 2 rings (SSSR count). The molecule has 0 unspecified atom stereocenters. The van der Waals surface area contributed by atoms with Crippen molar-refractivity contribution in [3.63, 3.8) is 0 Å². The van der Waals surface area contributed by atoms with Gasteiger partial charge < -0.3 is 10.4 Å². The summed E-state index contributed by atoms with van der Waals surface area (Å²) in [6.07, 6.45) is -6.39. The molecular weight excluding hydrogens is 415 g/mol. The maximum absolute atomic E-state index is 12.9. The molecule has 0 bridgehead atoms. The number of carbonyl (C=O) groups excluding carboxylic acids is 1. The van der Waals surface area contributed by atoms with Gasteiger partial charge in [-0.2, -0.15) is 22.0 Å². The monoisotopic (exact) mass is 428 g/mol. The maximum Gasteiger partial charge on any atom is 0.453 e. The van der Waals surface area contributed by atoms with Gasteiger partial charge in [0.25, 0.3) is 5.91 Å². The molecule has 0 saturated carbocycles. The molecule has 0 spiro atoms. The lowest BCUT2D eigenvalue weighted by Gasteiger charge is -2.19. The summed E-state index contributed by atoms with van der Waals surface area (Å²) in [7, 11) is 0.